The number of carbonyl (C=O) groups excluding carboxylic acids is 1. The molecule has 3 heteroatoms. The summed E-state index contributed by atoms with van der Waals surface area (Å²) in [5.41, 5.74) is 8.03. The summed E-state index contributed by atoms with van der Waals surface area (Å²) in [7, 11) is 2.05. The Bertz CT molecular complexity index is 361. The van der Waals surface area contributed by atoms with Crippen LogP contribution in [-0.2, 0) is 0 Å². The van der Waals surface area contributed by atoms with Crippen LogP contribution in [0.15, 0.2) is 18.2 Å². The highest BCUT2D eigenvalue weighted by molar-refractivity contribution is 5.93. The highest BCUT2D eigenvalue weighted by Gasteiger charge is 2.06. The van der Waals surface area contributed by atoms with Gasteiger partial charge in [-0.15, -0.1) is 0 Å². The maximum atomic E-state index is 11.0. The van der Waals surface area contributed by atoms with Gasteiger partial charge in [0.15, 0.2) is 0 Å². The number of hydrogen-bond donors (Lipinski definition) is 1. The number of rotatable bonds is 4. The summed E-state index contributed by atoms with van der Waals surface area (Å²) in [6.45, 7) is 5.15. The van der Waals surface area contributed by atoms with Crippen molar-refractivity contribution < 1.29 is 4.79 Å². The average molecular weight is 206 g/mol. The first-order valence-corrected chi connectivity index (χ1v) is 5.17. The Kier molecular flexibility index (Phi) is 3.72. The third kappa shape index (κ3) is 2.72. The molecule has 1 aromatic carbocycles. The Labute approximate surface area is 90.9 Å². The van der Waals surface area contributed by atoms with Crippen LogP contribution >= 0.6 is 0 Å². The zero-order valence-corrected chi connectivity index (χ0v) is 9.58. The molecule has 0 spiro atoms. The zero-order chi connectivity index (χ0) is 11.4. The Morgan fingerprint density at radius 1 is 1.47 bits per heavy atom. The molecule has 15 heavy (non-hydrogen) atoms. The van der Waals surface area contributed by atoms with E-state index >= 15 is 0 Å². The van der Waals surface area contributed by atoms with Gasteiger partial charge in [0, 0.05) is 24.8 Å². The number of primary amides is 1. The standard InChI is InChI=1S/C12H18N2O/c1-4-7-14(3)11-6-5-10(12(13)15)8-9(11)2/h5-6,8H,4,7H2,1-3H3,(H2,13,15). The van der Waals surface area contributed by atoms with Crippen molar-refractivity contribution in [1.82, 2.24) is 0 Å². The van der Waals surface area contributed by atoms with E-state index in [9.17, 15) is 4.79 Å². The molecule has 0 heterocycles. The van der Waals surface area contributed by atoms with E-state index in [1.165, 1.54) is 0 Å². The molecule has 1 amide bonds. The van der Waals surface area contributed by atoms with E-state index in [-0.39, 0.29) is 5.91 Å². The van der Waals surface area contributed by atoms with Crippen molar-refractivity contribution >= 4 is 11.6 Å². The summed E-state index contributed by atoms with van der Waals surface area (Å²) < 4.78 is 0. The second kappa shape index (κ2) is 4.82. The van der Waals surface area contributed by atoms with Gasteiger partial charge >= 0.3 is 0 Å². The molecular formula is C12H18N2O. The Hall–Kier alpha value is -1.51. The van der Waals surface area contributed by atoms with Crippen LogP contribution in [-0.4, -0.2) is 19.5 Å². The predicted octanol–water partition coefficient (Wildman–Crippen LogP) is 1.94. The van der Waals surface area contributed by atoms with Gasteiger partial charge in [-0.25, -0.2) is 0 Å². The maximum Gasteiger partial charge on any atom is 0.248 e. The van der Waals surface area contributed by atoms with E-state index < -0.39 is 0 Å². The Morgan fingerprint density at radius 2 is 2.13 bits per heavy atom. The number of nitrogens with two attached hydrogens (primary N) is 1. The van der Waals surface area contributed by atoms with Gasteiger partial charge in [-0.2, -0.15) is 0 Å². The lowest BCUT2D eigenvalue weighted by Gasteiger charge is -2.20. The van der Waals surface area contributed by atoms with Gasteiger partial charge in [-0.3, -0.25) is 4.79 Å². The molecule has 0 radical (unpaired) electrons. The molecule has 0 atom stereocenters. The minimum atomic E-state index is -0.372. The fourth-order valence-electron chi connectivity index (χ4n) is 1.69. The number of amides is 1. The number of nitrogens with zero attached hydrogens (tertiary/aromatic N) is 1. The van der Waals surface area contributed by atoms with E-state index in [0.717, 1.165) is 24.2 Å². The first kappa shape index (κ1) is 11.6. The van der Waals surface area contributed by atoms with Crippen LogP contribution in [0.2, 0.25) is 0 Å². The fraction of sp³-hybridized carbons (Fsp3) is 0.417. The SMILES string of the molecule is CCCN(C)c1ccc(C(N)=O)cc1C. The van der Waals surface area contributed by atoms with Crippen LogP contribution in [0.5, 0.6) is 0 Å². The molecule has 0 unspecified atom stereocenters. The monoisotopic (exact) mass is 206 g/mol. The van der Waals surface area contributed by atoms with Gasteiger partial charge in [-0.05, 0) is 37.1 Å². The lowest BCUT2D eigenvalue weighted by molar-refractivity contribution is 0.1000. The van der Waals surface area contributed by atoms with Crippen LogP contribution in [0.25, 0.3) is 0 Å². The summed E-state index contributed by atoms with van der Waals surface area (Å²) in [6, 6.07) is 5.56. The van der Waals surface area contributed by atoms with Gasteiger partial charge in [0.05, 0.1) is 0 Å². The van der Waals surface area contributed by atoms with E-state index in [4.69, 9.17) is 5.73 Å². The first-order chi connectivity index (χ1) is 7.06. The molecule has 3 nitrogen and oxygen atoms in total. The molecule has 0 aliphatic rings. The number of anilines is 1. The highest BCUT2D eigenvalue weighted by atomic mass is 16.1. The van der Waals surface area contributed by atoms with Crippen molar-refractivity contribution in [2.24, 2.45) is 5.73 Å². The molecule has 0 saturated heterocycles. The molecule has 0 fully saturated rings. The summed E-state index contributed by atoms with van der Waals surface area (Å²) in [4.78, 5) is 13.1. The second-order valence-corrected chi connectivity index (χ2v) is 3.79. The molecular weight excluding hydrogens is 188 g/mol. The van der Waals surface area contributed by atoms with Gasteiger partial charge in [0.2, 0.25) is 5.91 Å². The van der Waals surface area contributed by atoms with Crippen molar-refractivity contribution in [3.05, 3.63) is 29.3 Å². The minimum Gasteiger partial charge on any atom is -0.374 e. The minimum absolute atomic E-state index is 0.372. The summed E-state index contributed by atoms with van der Waals surface area (Å²) in [6.07, 6.45) is 1.10. The van der Waals surface area contributed by atoms with Gasteiger partial charge in [-0.1, -0.05) is 6.92 Å². The molecule has 0 aromatic heterocycles. The smallest absolute Gasteiger partial charge is 0.248 e. The number of carbonyl (C=O) groups is 1. The first-order valence-electron chi connectivity index (χ1n) is 5.17. The van der Waals surface area contributed by atoms with Crippen LogP contribution in [0, 0.1) is 6.92 Å². The molecule has 1 rings (SSSR count). The summed E-state index contributed by atoms with van der Waals surface area (Å²) >= 11 is 0. The van der Waals surface area contributed by atoms with E-state index in [2.05, 4.69) is 18.9 Å². The van der Waals surface area contributed by atoms with E-state index in [1.54, 1.807) is 6.07 Å². The number of aryl methyl sites for hydroxylation is 1. The zero-order valence-electron chi connectivity index (χ0n) is 9.58. The topological polar surface area (TPSA) is 46.3 Å². The lowest BCUT2D eigenvalue weighted by Crippen LogP contribution is -2.19. The molecule has 82 valence electrons. The van der Waals surface area contributed by atoms with Gasteiger partial charge < -0.3 is 10.6 Å². The Balaban J connectivity index is 2.97. The second-order valence-electron chi connectivity index (χ2n) is 3.79. The normalized spacial score (nSPS) is 10.1. The van der Waals surface area contributed by atoms with Crippen LogP contribution in [0.3, 0.4) is 0 Å². The molecule has 1 aromatic rings. The van der Waals surface area contributed by atoms with Crippen molar-refractivity contribution in [1.29, 1.82) is 0 Å². The quantitative estimate of drug-likeness (QED) is 0.818. The summed E-state index contributed by atoms with van der Waals surface area (Å²) in [5.74, 6) is -0.372. The van der Waals surface area contributed by atoms with Gasteiger partial charge in [0.1, 0.15) is 0 Å². The number of benzene rings is 1. The van der Waals surface area contributed by atoms with Crippen LogP contribution < -0.4 is 10.6 Å². The predicted molar refractivity (Wildman–Crippen MR) is 63.3 cm³/mol. The molecule has 0 aliphatic heterocycles. The lowest BCUT2D eigenvalue weighted by atomic mass is 10.1. The average Bonchev–Trinajstić information content (AvgIpc) is 2.17. The molecule has 2 N–H and O–H groups in total. The van der Waals surface area contributed by atoms with E-state index in [1.807, 2.05) is 19.1 Å². The molecule has 0 saturated carbocycles. The van der Waals surface area contributed by atoms with Crippen LogP contribution in [0.4, 0.5) is 5.69 Å². The highest BCUT2D eigenvalue weighted by Crippen LogP contribution is 2.20. The maximum absolute atomic E-state index is 11.0. The third-order valence-electron chi connectivity index (χ3n) is 2.45. The van der Waals surface area contributed by atoms with Crippen molar-refractivity contribution in [3.63, 3.8) is 0 Å². The largest absolute Gasteiger partial charge is 0.374 e. The summed E-state index contributed by atoms with van der Waals surface area (Å²) in [5, 5.41) is 0. The fourth-order valence-corrected chi connectivity index (χ4v) is 1.69. The van der Waals surface area contributed by atoms with Crippen molar-refractivity contribution in [2.45, 2.75) is 20.3 Å². The van der Waals surface area contributed by atoms with Gasteiger partial charge in [0.25, 0.3) is 0 Å². The van der Waals surface area contributed by atoms with Crippen molar-refractivity contribution in [3.8, 4) is 0 Å². The van der Waals surface area contributed by atoms with E-state index in [0.29, 0.717) is 5.56 Å². The van der Waals surface area contributed by atoms with Crippen molar-refractivity contribution in [2.75, 3.05) is 18.5 Å². The molecule has 0 bridgehead atoms. The Morgan fingerprint density at radius 3 is 2.60 bits per heavy atom. The van der Waals surface area contributed by atoms with Crippen LogP contribution in [0.1, 0.15) is 29.3 Å². The molecule has 0 aliphatic carbocycles. The third-order valence-corrected chi connectivity index (χ3v) is 2.45. The number of hydrogen-bond acceptors (Lipinski definition) is 2.